The predicted octanol–water partition coefficient (Wildman–Crippen LogP) is 1.65. The predicted molar refractivity (Wildman–Crippen MR) is 62.5 cm³/mol. The van der Waals surface area contributed by atoms with Crippen LogP contribution in [0.4, 0.5) is 8.78 Å². The monoisotopic (exact) mass is 269 g/mol. The zero-order valence-corrected chi connectivity index (χ0v) is 10.2. The van der Waals surface area contributed by atoms with Crippen molar-refractivity contribution in [3.8, 4) is 5.75 Å². The van der Waals surface area contributed by atoms with Crippen molar-refractivity contribution in [3.05, 3.63) is 35.7 Å². The van der Waals surface area contributed by atoms with Gasteiger partial charge in [-0.25, -0.2) is 0 Å². The van der Waals surface area contributed by atoms with Crippen LogP contribution in [0.5, 0.6) is 5.75 Å². The Labute approximate surface area is 108 Å². The minimum Gasteiger partial charge on any atom is -0.434 e. The lowest BCUT2D eigenvalue weighted by atomic mass is 10.2. The maximum Gasteiger partial charge on any atom is 0.387 e. The maximum absolute atomic E-state index is 12.2. The highest BCUT2D eigenvalue weighted by Crippen LogP contribution is 2.20. The fourth-order valence-corrected chi connectivity index (χ4v) is 1.57. The van der Waals surface area contributed by atoms with Crippen molar-refractivity contribution in [2.24, 2.45) is 0 Å². The molecule has 0 radical (unpaired) electrons. The minimum atomic E-state index is -2.84. The summed E-state index contributed by atoms with van der Waals surface area (Å²) in [7, 11) is 0. The fraction of sp³-hybridized carbons (Fsp3) is 0.364. The fourth-order valence-electron chi connectivity index (χ4n) is 1.57. The van der Waals surface area contributed by atoms with Gasteiger partial charge in [0.2, 0.25) is 0 Å². The van der Waals surface area contributed by atoms with E-state index in [4.69, 9.17) is 0 Å². The van der Waals surface area contributed by atoms with E-state index in [9.17, 15) is 8.78 Å². The molecule has 19 heavy (non-hydrogen) atoms. The largest absolute Gasteiger partial charge is 0.434 e. The molecule has 0 aliphatic heterocycles. The molecule has 0 amide bonds. The van der Waals surface area contributed by atoms with Gasteiger partial charge in [0, 0.05) is 12.1 Å². The number of aromatic nitrogens is 4. The third-order valence-electron chi connectivity index (χ3n) is 2.54. The molecule has 0 bridgehead atoms. The van der Waals surface area contributed by atoms with Crippen molar-refractivity contribution in [3.63, 3.8) is 0 Å². The number of nitrogens with one attached hydrogen (secondary N) is 2. The zero-order chi connectivity index (χ0) is 13.7. The Hall–Kier alpha value is -2.09. The minimum absolute atomic E-state index is 0.154. The van der Waals surface area contributed by atoms with Crippen LogP contribution in [0.15, 0.2) is 24.3 Å². The van der Waals surface area contributed by atoms with Gasteiger partial charge in [-0.15, -0.1) is 10.2 Å². The van der Waals surface area contributed by atoms with Gasteiger partial charge in [-0.05, 0) is 13.0 Å². The molecular formula is C11H13F2N5O. The highest BCUT2D eigenvalue weighted by molar-refractivity contribution is 5.33. The van der Waals surface area contributed by atoms with E-state index in [2.05, 4.69) is 30.7 Å². The summed E-state index contributed by atoms with van der Waals surface area (Å²) in [6.07, 6.45) is 0. The molecule has 1 aromatic heterocycles. The highest BCUT2D eigenvalue weighted by Gasteiger charge is 2.12. The molecule has 8 heteroatoms. The molecule has 0 spiro atoms. The maximum atomic E-state index is 12.2. The number of tetrazole rings is 1. The molecule has 0 aliphatic carbocycles. The summed E-state index contributed by atoms with van der Waals surface area (Å²) in [6.45, 7) is -0.629. The van der Waals surface area contributed by atoms with Crippen molar-refractivity contribution in [1.29, 1.82) is 0 Å². The first-order valence-electron chi connectivity index (χ1n) is 5.66. The normalized spacial score (nSPS) is 12.6. The number of hydrogen-bond acceptors (Lipinski definition) is 5. The average Bonchev–Trinajstić information content (AvgIpc) is 2.90. The van der Waals surface area contributed by atoms with Gasteiger partial charge in [0.1, 0.15) is 5.75 Å². The van der Waals surface area contributed by atoms with Crippen molar-refractivity contribution < 1.29 is 13.5 Å². The Morgan fingerprint density at radius 1 is 1.37 bits per heavy atom. The molecule has 102 valence electrons. The molecular weight excluding hydrogens is 256 g/mol. The second-order valence-electron chi connectivity index (χ2n) is 3.86. The number of aromatic amines is 1. The SMILES string of the molecule is CC(NCc1ccccc1OC(F)F)c1nn[nH]n1. The molecule has 0 aliphatic rings. The number of ether oxygens (including phenoxy) is 1. The number of rotatable bonds is 6. The van der Waals surface area contributed by atoms with Crippen LogP contribution in [0.25, 0.3) is 0 Å². The van der Waals surface area contributed by atoms with E-state index in [1.165, 1.54) is 6.07 Å². The number of H-pyrrole nitrogens is 1. The summed E-state index contributed by atoms with van der Waals surface area (Å²) in [5, 5.41) is 16.6. The van der Waals surface area contributed by atoms with E-state index in [1.807, 2.05) is 6.92 Å². The van der Waals surface area contributed by atoms with Crippen LogP contribution in [-0.4, -0.2) is 27.2 Å². The van der Waals surface area contributed by atoms with E-state index in [-0.39, 0.29) is 11.8 Å². The molecule has 0 saturated heterocycles. The van der Waals surface area contributed by atoms with Crippen molar-refractivity contribution >= 4 is 0 Å². The van der Waals surface area contributed by atoms with Crippen LogP contribution in [0.3, 0.4) is 0 Å². The molecule has 1 aromatic carbocycles. The van der Waals surface area contributed by atoms with Crippen LogP contribution in [0.2, 0.25) is 0 Å². The smallest absolute Gasteiger partial charge is 0.387 e. The summed E-state index contributed by atoms with van der Waals surface area (Å²) in [5.41, 5.74) is 0.637. The van der Waals surface area contributed by atoms with Crippen molar-refractivity contribution in [2.45, 2.75) is 26.1 Å². The van der Waals surface area contributed by atoms with Gasteiger partial charge >= 0.3 is 6.61 Å². The number of hydrogen-bond donors (Lipinski definition) is 2. The lowest BCUT2D eigenvalue weighted by Gasteiger charge is -2.13. The van der Waals surface area contributed by atoms with Gasteiger partial charge < -0.3 is 10.1 Å². The lowest BCUT2D eigenvalue weighted by molar-refractivity contribution is -0.0505. The Kier molecular flexibility index (Phi) is 4.35. The highest BCUT2D eigenvalue weighted by atomic mass is 19.3. The third-order valence-corrected chi connectivity index (χ3v) is 2.54. The van der Waals surface area contributed by atoms with Crippen molar-refractivity contribution in [1.82, 2.24) is 25.9 Å². The van der Waals surface area contributed by atoms with Crippen LogP contribution >= 0.6 is 0 Å². The number of nitrogens with zero attached hydrogens (tertiary/aromatic N) is 3. The van der Waals surface area contributed by atoms with Gasteiger partial charge in [0.05, 0.1) is 6.04 Å². The summed E-state index contributed by atoms with van der Waals surface area (Å²) in [5.74, 6) is 0.664. The van der Waals surface area contributed by atoms with Crippen LogP contribution < -0.4 is 10.1 Å². The lowest BCUT2D eigenvalue weighted by Crippen LogP contribution is -2.20. The first-order valence-corrected chi connectivity index (χ1v) is 5.66. The summed E-state index contributed by atoms with van der Waals surface area (Å²) >= 11 is 0. The molecule has 1 unspecified atom stereocenters. The van der Waals surface area contributed by atoms with Gasteiger partial charge in [-0.3, -0.25) is 0 Å². The summed E-state index contributed by atoms with van der Waals surface area (Å²) in [6, 6.07) is 6.46. The molecule has 0 fully saturated rings. The van der Waals surface area contributed by atoms with E-state index >= 15 is 0 Å². The Morgan fingerprint density at radius 2 is 2.16 bits per heavy atom. The number of benzene rings is 1. The summed E-state index contributed by atoms with van der Waals surface area (Å²) in [4.78, 5) is 0. The van der Waals surface area contributed by atoms with Crippen LogP contribution in [0.1, 0.15) is 24.4 Å². The third kappa shape index (κ3) is 3.68. The Bertz CT molecular complexity index is 506. The molecule has 6 nitrogen and oxygen atoms in total. The zero-order valence-electron chi connectivity index (χ0n) is 10.2. The second-order valence-corrected chi connectivity index (χ2v) is 3.86. The molecule has 2 rings (SSSR count). The number of para-hydroxylation sites is 1. The van der Waals surface area contributed by atoms with Gasteiger partial charge in [0.25, 0.3) is 0 Å². The average molecular weight is 269 g/mol. The number of halogens is 2. The van der Waals surface area contributed by atoms with E-state index in [0.717, 1.165) is 0 Å². The van der Waals surface area contributed by atoms with E-state index in [0.29, 0.717) is 17.9 Å². The van der Waals surface area contributed by atoms with E-state index < -0.39 is 6.61 Å². The van der Waals surface area contributed by atoms with Crippen LogP contribution in [-0.2, 0) is 6.54 Å². The van der Waals surface area contributed by atoms with Gasteiger partial charge in [0.15, 0.2) is 5.82 Å². The molecule has 1 heterocycles. The first-order chi connectivity index (χ1) is 9.16. The standard InChI is InChI=1S/C11H13F2N5O/c1-7(10-15-17-18-16-10)14-6-8-4-2-3-5-9(8)19-11(12)13/h2-5,7,11,14H,6H2,1H3,(H,15,16,17,18). The van der Waals surface area contributed by atoms with Gasteiger partial charge in [-0.1, -0.05) is 23.4 Å². The molecule has 2 N–H and O–H groups in total. The Morgan fingerprint density at radius 3 is 2.84 bits per heavy atom. The second kappa shape index (κ2) is 6.19. The number of alkyl halides is 2. The molecule has 0 saturated carbocycles. The quantitative estimate of drug-likeness (QED) is 0.834. The summed E-state index contributed by atoms with van der Waals surface area (Å²) < 4.78 is 28.9. The Balaban J connectivity index is 1.99. The molecule has 2 aromatic rings. The topological polar surface area (TPSA) is 75.7 Å². The first kappa shape index (κ1) is 13.3. The van der Waals surface area contributed by atoms with Crippen molar-refractivity contribution in [2.75, 3.05) is 0 Å². The van der Waals surface area contributed by atoms with Crippen LogP contribution in [0, 0.1) is 0 Å². The molecule has 1 atom stereocenters. The van der Waals surface area contributed by atoms with E-state index in [1.54, 1.807) is 18.2 Å². The van der Waals surface area contributed by atoms with Gasteiger partial charge in [-0.2, -0.15) is 14.0 Å².